The highest BCUT2D eigenvalue weighted by molar-refractivity contribution is 6.01. The third kappa shape index (κ3) is 25.6. The number of hydrogen-bond donors (Lipinski definition) is 21. The molecule has 0 radical (unpaired) electrons. The predicted molar refractivity (Wildman–Crippen MR) is 404 cm³/mol. The minimum absolute atomic E-state index is 0.00437. The molecular weight excluding hydrogens is 1440 g/mol. The zero-order valence-corrected chi connectivity index (χ0v) is 61.9. The van der Waals surface area contributed by atoms with E-state index in [0.29, 0.717) is 11.2 Å². The summed E-state index contributed by atoms with van der Waals surface area (Å²) in [6.07, 6.45) is 2.10. The van der Waals surface area contributed by atoms with Gasteiger partial charge in [-0.3, -0.25) is 73.1 Å². The fourth-order valence-electron chi connectivity index (χ4n) is 13.1. The molecule has 1 aliphatic carbocycles. The van der Waals surface area contributed by atoms with E-state index in [9.17, 15) is 77.3 Å². The Balaban J connectivity index is 1.21. The van der Waals surface area contributed by atoms with E-state index in [1.807, 2.05) is 48.5 Å². The van der Waals surface area contributed by atoms with Crippen molar-refractivity contribution < 1.29 is 82.1 Å². The van der Waals surface area contributed by atoms with E-state index in [2.05, 4.69) is 74.1 Å². The molecule has 1 aromatic heterocycles. The number of nitrogens with one attached hydrogen (secondary N) is 16. The highest BCUT2D eigenvalue weighted by Gasteiger charge is 2.42. The number of nitrogens with two attached hydrogens (primary N) is 3. The number of benzene rings is 3. The van der Waals surface area contributed by atoms with Crippen molar-refractivity contribution in [3.05, 3.63) is 120 Å². The average molecular weight is 1540 g/mol. The number of aliphatic hydroxyl groups excluding tert-OH is 1. The summed E-state index contributed by atoms with van der Waals surface area (Å²) in [5.74, 6) is -15.1. The molecule has 7 rings (SSSR count). The summed E-state index contributed by atoms with van der Waals surface area (Å²) in [5, 5.41) is 69.8. The lowest BCUT2D eigenvalue weighted by atomic mass is 9.98. The third-order valence-electron chi connectivity index (χ3n) is 18.8. The predicted octanol–water partition coefficient (Wildman–Crippen LogP) is -2.30. The van der Waals surface area contributed by atoms with Crippen LogP contribution in [0.15, 0.2) is 103 Å². The second-order valence-corrected chi connectivity index (χ2v) is 27.0. The molecule has 0 saturated carbocycles. The van der Waals surface area contributed by atoms with Crippen LogP contribution in [0.2, 0.25) is 0 Å². The van der Waals surface area contributed by atoms with Gasteiger partial charge in [0.15, 0.2) is 11.9 Å². The molecule has 11 atom stereocenters. The second-order valence-electron chi connectivity index (χ2n) is 27.0. The Morgan fingerprint density at radius 2 is 1.19 bits per heavy atom. The molecule has 37 nitrogen and oxygen atoms in total. The zero-order valence-electron chi connectivity index (χ0n) is 61.9. The number of amides is 13. The van der Waals surface area contributed by atoms with Gasteiger partial charge in [0.25, 0.3) is 0 Å². The Bertz CT molecular complexity index is 4050. The molecule has 2 fully saturated rings. The smallest absolute Gasteiger partial charge is 0.407 e. The van der Waals surface area contributed by atoms with Gasteiger partial charge in [-0.05, 0) is 131 Å². The minimum Gasteiger partial charge on any atom is -0.481 e. The maximum absolute atomic E-state index is 14.8. The number of aliphatic carboxylic acids is 1. The number of rotatable bonds is 25. The number of alkyl carbamates (subject to hydrolysis) is 1. The minimum atomic E-state index is -2.03. The van der Waals surface area contributed by atoms with Crippen molar-refractivity contribution in [1.82, 2.24) is 79.0 Å². The molecule has 0 bridgehead atoms. The Morgan fingerprint density at radius 3 is 1.80 bits per heavy atom. The van der Waals surface area contributed by atoms with Gasteiger partial charge >= 0.3 is 12.1 Å². The number of carbonyl (C=O) groups is 14. The van der Waals surface area contributed by atoms with Crippen molar-refractivity contribution in [2.75, 3.05) is 39.4 Å². The number of aromatic amines is 1. The number of carboxylic acids is 1. The number of aromatic nitrogens is 1. The summed E-state index contributed by atoms with van der Waals surface area (Å²) in [6.45, 7) is 2.37. The topological polar surface area (TPSA) is 590 Å². The highest BCUT2D eigenvalue weighted by atomic mass is 16.5. The molecule has 2 unspecified atom stereocenters. The van der Waals surface area contributed by atoms with Crippen LogP contribution in [0.4, 0.5) is 4.79 Å². The van der Waals surface area contributed by atoms with E-state index in [4.69, 9.17) is 32.8 Å². The molecule has 3 aromatic carbocycles. The lowest BCUT2D eigenvalue weighted by Crippen LogP contribution is -2.61. The van der Waals surface area contributed by atoms with Crippen LogP contribution in [0, 0.1) is 10.8 Å². The van der Waals surface area contributed by atoms with E-state index in [1.165, 1.54) is 19.1 Å². The van der Waals surface area contributed by atoms with Crippen molar-refractivity contribution >= 4 is 106 Å². The van der Waals surface area contributed by atoms with E-state index in [-0.39, 0.29) is 96.4 Å². The number of aliphatic hydroxyl groups is 1. The standard InChI is InChI=1S/C74H100N20O17/c1-4-6-23-50(85-59(96)37-82-74(110)111-39-47-45-21-11-9-19-43(45)44-20-10-12-22-46(44)47)64(102)88-52-27-14-26-49(61(75)99)86-65(103)53(28-15-31-80-72(76)77)89-68(106)55(35-42-34-41-18-8-13-25-48(41)84-42)91-62(100)40(3)83-63(101)51(24-7-5-2)87-66(104)54(29-16-32-81-73(78)79)90-70(108)58-30-17-33-94(58)71(109)56(36-60(97)98)92-69(107)57(38-95)93-67(52)105/h4-13,18-22,25,34,40,47,49-58,84,95H,14-17,23-24,26-33,35-39H2,1-3H3,(H2,75,99)(H,82,110)(H,83,101)(H,85,96)(H,86,103)(H,87,104)(H,88,102)(H,89,106)(H,90,108)(H,91,100)(H,92,107)(H,93,105)(H,97,98)(H4,76,77,80)(H4,78,79,81)/b6-4+,7-5+/t40-,49?,50-,51-,52-,53-,54-,55-,56-,57-,58?/m0/s1. The number of carbonyl (C=O) groups excluding carboxylic acids is 13. The number of carboxylic acid groups (broad SMARTS) is 1. The first-order valence-corrected chi connectivity index (χ1v) is 36.6. The quantitative estimate of drug-likeness (QED) is 0.0144. The van der Waals surface area contributed by atoms with Gasteiger partial charge in [0.1, 0.15) is 79.6 Å². The van der Waals surface area contributed by atoms with Crippen LogP contribution in [-0.4, -0.2) is 221 Å². The van der Waals surface area contributed by atoms with E-state index >= 15 is 0 Å². The normalized spacial score (nSPS) is 22.6. The Morgan fingerprint density at radius 1 is 0.631 bits per heavy atom. The lowest BCUT2D eigenvalue weighted by Gasteiger charge is -2.30. The SMILES string of the molecule is C/C=C/C[C@H](NC(=O)CNC(=O)OCC1c2ccccc2-c2ccccc21)C(=O)N[C@H]1CCCC(C(N)=O)NC(=O)[C@H](CCCNC(=N)N)NC(=O)[C@H](Cc2cc3ccccc3[nH]2)NC(=O)[C@H](C)NC(=O)[C@H](C/C=C/C)NC(=O)[C@H](CCCNC(=N)N)NC(=O)C2CCCN2C(=O)[C@H](CC(=O)O)NC(=O)[C@H](CO)NC1=O. The van der Waals surface area contributed by atoms with Crippen LogP contribution in [-0.2, 0) is 73.5 Å². The van der Waals surface area contributed by atoms with Gasteiger partial charge in [0.2, 0.25) is 70.9 Å². The molecule has 111 heavy (non-hydrogen) atoms. The van der Waals surface area contributed by atoms with E-state index in [1.54, 1.807) is 56.3 Å². The number of allylic oxidation sites excluding steroid dienone is 2. The van der Waals surface area contributed by atoms with Crippen LogP contribution in [0.25, 0.3) is 22.0 Å². The summed E-state index contributed by atoms with van der Waals surface area (Å²) in [4.78, 5) is 202. The number of nitrogens with zero attached hydrogens (tertiary/aromatic N) is 1. The molecule has 3 aliphatic rings. The van der Waals surface area contributed by atoms with Gasteiger partial charge in [0.05, 0.1) is 13.0 Å². The summed E-state index contributed by atoms with van der Waals surface area (Å²) in [6, 6.07) is 6.32. The first kappa shape index (κ1) is 85.8. The van der Waals surface area contributed by atoms with Crippen LogP contribution >= 0.6 is 0 Å². The molecule has 13 amide bonds. The van der Waals surface area contributed by atoms with E-state index in [0.717, 1.165) is 32.5 Å². The maximum Gasteiger partial charge on any atom is 0.407 e. The summed E-state index contributed by atoms with van der Waals surface area (Å²) >= 11 is 0. The van der Waals surface area contributed by atoms with Crippen molar-refractivity contribution in [1.29, 1.82) is 10.8 Å². The first-order valence-electron chi connectivity index (χ1n) is 36.6. The molecular formula is C74H100N20O17. The Labute approximate surface area is 639 Å². The summed E-state index contributed by atoms with van der Waals surface area (Å²) in [7, 11) is 0. The lowest BCUT2D eigenvalue weighted by molar-refractivity contribution is -0.146. The van der Waals surface area contributed by atoms with E-state index < -0.39 is 194 Å². The molecule has 24 N–H and O–H groups in total. The number of guanidine groups is 2. The molecule has 3 heterocycles. The monoisotopic (exact) mass is 1540 g/mol. The first-order chi connectivity index (χ1) is 53.1. The van der Waals surface area contributed by atoms with Gasteiger partial charge in [-0.25, -0.2) is 4.79 Å². The largest absolute Gasteiger partial charge is 0.481 e. The Hall–Kier alpha value is -12.4. The second kappa shape index (κ2) is 42.3. The van der Waals surface area contributed by atoms with Gasteiger partial charge in [-0.2, -0.15) is 0 Å². The van der Waals surface area contributed by atoms with Crippen molar-refractivity contribution in [2.45, 2.75) is 177 Å². The molecule has 0 spiro atoms. The number of ether oxygens (including phenoxy) is 1. The number of fused-ring (bicyclic) bond motifs is 5. The number of primary amides is 1. The van der Waals surface area contributed by atoms with Gasteiger partial charge in [0, 0.05) is 43.2 Å². The van der Waals surface area contributed by atoms with Crippen molar-refractivity contribution in [3.8, 4) is 11.1 Å². The van der Waals surface area contributed by atoms with Crippen LogP contribution in [0.5, 0.6) is 0 Å². The zero-order chi connectivity index (χ0) is 80.8. The fourth-order valence-corrected chi connectivity index (χ4v) is 13.1. The van der Waals surface area contributed by atoms with Crippen molar-refractivity contribution in [3.63, 3.8) is 0 Å². The summed E-state index contributed by atoms with van der Waals surface area (Å²) in [5.41, 5.74) is 21.9. The average Bonchev–Trinajstić information content (AvgIpc) is 1.61. The molecule has 2 aliphatic heterocycles. The van der Waals surface area contributed by atoms with Crippen LogP contribution in [0.1, 0.15) is 121 Å². The van der Waals surface area contributed by atoms with Crippen LogP contribution < -0.4 is 86.3 Å². The van der Waals surface area contributed by atoms with Crippen molar-refractivity contribution in [2.24, 2.45) is 17.2 Å². The maximum atomic E-state index is 14.8. The fraction of sp³-hybridized carbons (Fsp3) is 0.459. The number of hydrogen-bond acceptors (Lipinski definition) is 18. The molecule has 598 valence electrons. The van der Waals surface area contributed by atoms with Gasteiger partial charge in [-0.1, -0.05) is 91.0 Å². The number of H-pyrrole nitrogens is 1. The molecule has 37 heteroatoms. The summed E-state index contributed by atoms with van der Waals surface area (Å²) < 4.78 is 5.59. The van der Waals surface area contributed by atoms with Crippen LogP contribution in [0.3, 0.4) is 0 Å². The van der Waals surface area contributed by atoms with Gasteiger partial charge in [-0.15, -0.1) is 0 Å². The third-order valence-corrected chi connectivity index (χ3v) is 18.8. The molecule has 4 aromatic rings. The molecule has 2 saturated heterocycles. The number of para-hydroxylation sites is 1. The van der Waals surface area contributed by atoms with Gasteiger partial charge < -0.3 is 111 Å². The Kier molecular flexibility index (Phi) is 32.7. The highest BCUT2D eigenvalue weighted by Crippen LogP contribution is 2.44.